The van der Waals surface area contributed by atoms with Crippen molar-refractivity contribution in [2.24, 2.45) is 19.3 Å². The van der Waals surface area contributed by atoms with Crippen molar-refractivity contribution >= 4 is 11.5 Å². The van der Waals surface area contributed by atoms with Crippen molar-refractivity contribution in [1.82, 2.24) is 9.13 Å². The monoisotopic (exact) mass is 242 g/mol. The summed E-state index contributed by atoms with van der Waals surface area (Å²) >= 11 is 0. The Bertz CT molecular complexity index is 531. The average Bonchev–Trinajstić information content (AvgIpc) is 2.33. The molecule has 8 nitrogen and oxygen atoms in total. The second-order valence-electron chi connectivity index (χ2n) is 3.50. The van der Waals surface area contributed by atoms with Crippen molar-refractivity contribution in [3.63, 3.8) is 0 Å². The molecule has 0 saturated heterocycles. The zero-order chi connectivity index (χ0) is 13.0. The third-order valence-electron chi connectivity index (χ3n) is 2.36. The molecular formula is C9H14N4O4. The van der Waals surface area contributed by atoms with E-state index in [2.05, 4.69) is 10.5 Å². The van der Waals surface area contributed by atoms with Gasteiger partial charge in [0.05, 0.1) is 0 Å². The molecule has 0 bridgehead atoms. The fourth-order valence-electron chi connectivity index (χ4n) is 1.40. The van der Waals surface area contributed by atoms with Gasteiger partial charge < -0.3 is 10.4 Å². The predicted octanol–water partition coefficient (Wildman–Crippen LogP) is -0.724. The maximum Gasteiger partial charge on any atom is 0.332 e. The number of aromatic nitrogens is 2. The van der Waals surface area contributed by atoms with Gasteiger partial charge in [0, 0.05) is 27.2 Å². The highest BCUT2D eigenvalue weighted by Crippen LogP contribution is 2.16. The number of rotatable bonds is 5. The summed E-state index contributed by atoms with van der Waals surface area (Å²) in [5.74, 6) is 0.0709. The van der Waals surface area contributed by atoms with Crippen LogP contribution < -0.4 is 16.6 Å². The van der Waals surface area contributed by atoms with Crippen molar-refractivity contribution in [2.45, 2.75) is 6.42 Å². The third kappa shape index (κ3) is 2.41. The van der Waals surface area contributed by atoms with Crippen LogP contribution in [0.2, 0.25) is 0 Å². The molecule has 1 heterocycles. The van der Waals surface area contributed by atoms with Gasteiger partial charge >= 0.3 is 5.69 Å². The molecule has 0 aliphatic rings. The molecule has 8 heteroatoms. The molecule has 0 fully saturated rings. The van der Waals surface area contributed by atoms with E-state index in [9.17, 15) is 14.5 Å². The van der Waals surface area contributed by atoms with Crippen molar-refractivity contribution < 1.29 is 5.11 Å². The van der Waals surface area contributed by atoms with Gasteiger partial charge in [-0.25, -0.2) is 4.79 Å². The molecule has 0 aliphatic carbocycles. The van der Waals surface area contributed by atoms with Gasteiger partial charge in [0.1, 0.15) is 5.82 Å². The van der Waals surface area contributed by atoms with Crippen molar-refractivity contribution in [1.29, 1.82) is 0 Å². The fourth-order valence-corrected chi connectivity index (χ4v) is 1.40. The largest absolute Gasteiger partial charge is 0.396 e. The topological polar surface area (TPSA) is 106 Å². The summed E-state index contributed by atoms with van der Waals surface area (Å²) in [7, 11) is 2.70. The molecule has 94 valence electrons. The van der Waals surface area contributed by atoms with Crippen LogP contribution in [0.25, 0.3) is 0 Å². The van der Waals surface area contributed by atoms with Crippen LogP contribution in [0, 0.1) is 4.91 Å². The highest BCUT2D eigenvalue weighted by atomic mass is 16.3. The summed E-state index contributed by atoms with van der Waals surface area (Å²) < 4.78 is 1.95. The Labute approximate surface area is 96.5 Å². The first-order chi connectivity index (χ1) is 8.04. The second-order valence-corrected chi connectivity index (χ2v) is 3.50. The van der Waals surface area contributed by atoms with Crippen LogP contribution in [-0.4, -0.2) is 27.4 Å². The molecule has 1 aromatic heterocycles. The lowest BCUT2D eigenvalue weighted by atomic mass is 10.4. The maximum atomic E-state index is 11.6. The van der Waals surface area contributed by atoms with E-state index in [0.717, 1.165) is 9.13 Å². The molecule has 17 heavy (non-hydrogen) atoms. The van der Waals surface area contributed by atoms with E-state index in [0.29, 0.717) is 13.0 Å². The summed E-state index contributed by atoms with van der Waals surface area (Å²) in [5.41, 5.74) is -1.63. The minimum Gasteiger partial charge on any atom is -0.396 e. The Morgan fingerprint density at radius 3 is 2.47 bits per heavy atom. The van der Waals surface area contributed by atoms with Crippen LogP contribution in [0.1, 0.15) is 6.42 Å². The standard InChI is InChI=1S/C9H14N4O4/c1-12-7(10-4-3-5-14)6(11-17)8(15)13(2)9(12)16/h10,14H,3-5H2,1-2H3. The van der Waals surface area contributed by atoms with Crippen LogP contribution in [0.15, 0.2) is 14.8 Å². The minimum atomic E-state index is -0.741. The van der Waals surface area contributed by atoms with Gasteiger partial charge in [0.15, 0.2) is 0 Å². The Kier molecular flexibility index (Phi) is 4.16. The van der Waals surface area contributed by atoms with Crippen LogP contribution in [-0.2, 0) is 14.1 Å². The second kappa shape index (κ2) is 5.39. The molecule has 2 N–H and O–H groups in total. The Morgan fingerprint density at radius 2 is 1.94 bits per heavy atom. The molecule has 0 amide bonds. The summed E-state index contributed by atoms with van der Waals surface area (Å²) in [6, 6.07) is 0. The van der Waals surface area contributed by atoms with Gasteiger partial charge in [-0.15, -0.1) is 4.91 Å². The lowest BCUT2D eigenvalue weighted by Crippen LogP contribution is -2.38. The van der Waals surface area contributed by atoms with Crippen LogP contribution in [0.5, 0.6) is 0 Å². The Morgan fingerprint density at radius 1 is 1.29 bits per heavy atom. The number of aliphatic hydroxyl groups is 1. The van der Waals surface area contributed by atoms with Gasteiger partial charge in [-0.3, -0.25) is 13.9 Å². The highest BCUT2D eigenvalue weighted by molar-refractivity contribution is 5.59. The normalized spacial score (nSPS) is 10.3. The average molecular weight is 242 g/mol. The molecule has 0 aliphatic heterocycles. The van der Waals surface area contributed by atoms with Gasteiger partial charge in [-0.2, -0.15) is 0 Å². The van der Waals surface area contributed by atoms with E-state index in [4.69, 9.17) is 5.11 Å². The zero-order valence-corrected chi connectivity index (χ0v) is 9.63. The molecular weight excluding hydrogens is 228 g/mol. The molecule has 0 unspecified atom stereocenters. The number of aliphatic hydroxyl groups excluding tert-OH is 1. The van der Waals surface area contributed by atoms with Crippen molar-refractivity contribution in [2.75, 3.05) is 18.5 Å². The van der Waals surface area contributed by atoms with Gasteiger partial charge in [-0.1, -0.05) is 0 Å². The SMILES string of the molecule is Cn1c(NCCCO)c(N=O)c(=O)n(C)c1=O. The molecule has 0 aromatic carbocycles. The summed E-state index contributed by atoms with van der Waals surface area (Å²) in [5, 5.41) is 14.0. The lowest BCUT2D eigenvalue weighted by Gasteiger charge is -2.12. The quantitative estimate of drug-likeness (QED) is 0.523. The fraction of sp³-hybridized carbons (Fsp3) is 0.556. The smallest absolute Gasteiger partial charge is 0.332 e. The molecule has 0 saturated carbocycles. The van der Waals surface area contributed by atoms with Crippen molar-refractivity contribution in [3.05, 3.63) is 25.7 Å². The van der Waals surface area contributed by atoms with Crippen LogP contribution >= 0.6 is 0 Å². The van der Waals surface area contributed by atoms with E-state index >= 15 is 0 Å². The third-order valence-corrected chi connectivity index (χ3v) is 2.36. The number of anilines is 1. The van der Waals surface area contributed by atoms with E-state index in [-0.39, 0.29) is 18.1 Å². The number of nitrogens with one attached hydrogen (secondary N) is 1. The first-order valence-electron chi connectivity index (χ1n) is 5.02. The Hall–Kier alpha value is -1.96. The maximum absolute atomic E-state index is 11.6. The van der Waals surface area contributed by atoms with Crippen molar-refractivity contribution in [3.8, 4) is 0 Å². The molecule has 1 rings (SSSR count). The molecule has 0 radical (unpaired) electrons. The van der Waals surface area contributed by atoms with Crippen LogP contribution in [0.4, 0.5) is 11.5 Å². The summed E-state index contributed by atoms with van der Waals surface area (Å²) in [4.78, 5) is 33.8. The molecule has 1 aromatic rings. The van der Waals surface area contributed by atoms with E-state index in [1.807, 2.05) is 0 Å². The molecule has 0 atom stereocenters. The van der Waals surface area contributed by atoms with Crippen LogP contribution in [0.3, 0.4) is 0 Å². The number of hydrogen-bond acceptors (Lipinski definition) is 6. The highest BCUT2D eigenvalue weighted by Gasteiger charge is 2.15. The first-order valence-corrected chi connectivity index (χ1v) is 5.02. The predicted molar refractivity (Wildman–Crippen MR) is 62.6 cm³/mol. The number of hydrogen-bond donors (Lipinski definition) is 2. The minimum absolute atomic E-state index is 0.0321. The van der Waals surface area contributed by atoms with E-state index in [1.54, 1.807) is 0 Å². The van der Waals surface area contributed by atoms with Gasteiger partial charge in [0.25, 0.3) is 5.56 Å². The number of nitroso groups, excluding NO2 is 1. The van der Waals surface area contributed by atoms with E-state index < -0.39 is 11.2 Å². The number of nitrogens with zero attached hydrogens (tertiary/aromatic N) is 3. The zero-order valence-electron chi connectivity index (χ0n) is 9.63. The summed E-state index contributed by atoms with van der Waals surface area (Å²) in [6.45, 7) is 0.301. The molecule has 0 spiro atoms. The lowest BCUT2D eigenvalue weighted by molar-refractivity contribution is 0.292. The first kappa shape index (κ1) is 13.1. The van der Waals surface area contributed by atoms with E-state index in [1.165, 1.54) is 14.1 Å². The Balaban J connectivity index is 3.32. The summed E-state index contributed by atoms with van der Waals surface area (Å²) in [6.07, 6.45) is 0.432. The van der Waals surface area contributed by atoms with Gasteiger partial charge in [-0.05, 0) is 11.6 Å². The van der Waals surface area contributed by atoms with Gasteiger partial charge in [0.2, 0.25) is 5.69 Å².